The van der Waals surface area contributed by atoms with Gasteiger partial charge in [-0.05, 0) is 48.8 Å². The van der Waals surface area contributed by atoms with E-state index < -0.39 is 0 Å². The molecule has 0 aliphatic carbocycles. The van der Waals surface area contributed by atoms with Crippen LogP contribution in [0.4, 0.5) is 0 Å². The van der Waals surface area contributed by atoms with E-state index in [0.717, 1.165) is 57.9 Å². The highest BCUT2D eigenvalue weighted by Gasteiger charge is 2.19. The third kappa shape index (κ3) is 4.28. The molecule has 1 aliphatic rings. The van der Waals surface area contributed by atoms with Gasteiger partial charge < -0.3 is 5.11 Å². The summed E-state index contributed by atoms with van der Waals surface area (Å²) in [6, 6.07) is 0. The maximum atomic E-state index is 9.07. The summed E-state index contributed by atoms with van der Waals surface area (Å²) < 4.78 is 3.31. The van der Waals surface area contributed by atoms with Crippen LogP contribution in [0.3, 0.4) is 0 Å². The highest BCUT2D eigenvalue weighted by molar-refractivity contribution is 9.10. The topological polar surface area (TPSA) is 44.5 Å². The number of nitrogens with zero attached hydrogens (tertiary/aromatic N) is 4. The van der Waals surface area contributed by atoms with Crippen molar-refractivity contribution in [2.24, 2.45) is 0 Å². The fourth-order valence-electron chi connectivity index (χ4n) is 2.93. The van der Waals surface area contributed by atoms with Gasteiger partial charge >= 0.3 is 0 Å². The van der Waals surface area contributed by atoms with Gasteiger partial charge in [-0.1, -0.05) is 6.92 Å². The Morgan fingerprint density at radius 1 is 1.14 bits per heavy atom. The Morgan fingerprint density at radius 2 is 1.86 bits per heavy atom. The zero-order valence-corrected chi connectivity index (χ0v) is 14.8. The normalized spacial score (nSPS) is 18.1. The number of aliphatic hydroxyl groups excluding tert-OH is 1. The molecule has 0 saturated carbocycles. The highest BCUT2D eigenvalue weighted by Crippen LogP contribution is 2.24. The van der Waals surface area contributed by atoms with E-state index in [1.807, 2.05) is 0 Å². The first-order valence-electron chi connectivity index (χ1n) is 7.99. The quantitative estimate of drug-likeness (QED) is 0.840. The molecule has 2 rings (SSSR count). The summed E-state index contributed by atoms with van der Waals surface area (Å²) >= 11 is 3.73. The molecular weight excluding hydrogens is 332 g/mol. The Balaban J connectivity index is 2.03. The van der Waals surface area contributed by atoms with Gasteiger partial charge in [0.05, 0.1) is 22.5 Å². The molecule has 2 heterocycles. The van der Waals surface area contributed by atoms with E-state index in [1.165, 1.54) is 16.6 Å². The van der Waals surface area contributed by atoms with Crippen LogP contribution in [0.1, 0.15) is 31.7 Å². The monoisotopic (exact) mass is 358 g/mol. The van der Waals surface area contributed by atoms with Gasteiger partial charge in [0.2, 0.25) is 0 Å². The van der Waals surface area contributed by atoms with Crippen LogP contribution in [0.15, 0.2) is 4.47 Å². The number of hydrogen-bond acceptors (Lipinski definition) is 4. The van der Waals surface area contributed by atoms with Crippen molar-refractivity contribution in [1.29, 1.82) is 0 Å². The van der Waals surface area contributed by atoms with Crippen LogP contribution >= 0.6 is 15.9 Å². The zero-order chi connectivity index (χ0) is 15.2. The van der Waals surface area contributed by atoms with Crippen LogP contribution in [-0.2, 0) is 19.5 Å². The Bertz CT molecular complexity index is 449. The second-order valence-corrected chi connectivity index (χ2v) is 6.36. The lowest BCUT2D eigenvalue weighted by Crippen LogP contribution is -2.32. The van der Waals surface area contributed by atoms with Gasteiger partial charge in [-0.25, -0.2) is 0 Å². The maximum Gasteiger partial charge on any atom is 0.0767 e. The Labute approximate surface area is 136 Å². The van der Waals surface area contributed by atoms with Crippen LogP contribution in [0, 0.1) is 0 Å². The van der Waals surface area contributed by atoms with Gasteiger partial charge in [0, 0.05) is 32.7 Å². The van der Waals surface area contributed by atoms with Crippen LogP contribution in [-0.4, -0.2) is 64.0 Å². The summed E-state index contributed by atoms with van der Waals surface area (Å²) in [6.07, 6.45) is 2.13. The number of hydrogen-bond donors (Lipinski definition) is 1. The average molecular weight is 359 g/mol. The van der Waals surface area contributed by atoms with Gasteiger partial charge in [-0.2, -0.15) is 5.10 Å². The third-order valence-electron chi connectivity index (χ3n) is 4.16. The Hall–Kier alpha value is -0.430. The van der Waals surface area contributed by atoms with Crippen LogP contribution in [0.5, 0.6) is 0 Å². The van der Waals surface area contributed by atoms with E-state index in [9.17, 15) is 0 Å². The summed E-state index contributed by atoms with van der Waals surface area (Å²) in [6.45, 7) is 11.5. The molecule has 120 valence electrons. The van der Waals surface area contributed by atoms with Gasteiger partial charge in [0.25, 0.3) is 0 Å². The third-order valence-corrected chi connectivity index (χ3v) is 5.08. The van der Waals surface area contributed by atoms with E-state index >= 15 is 0 Å². The maximum absolute atomic E-state index is 9.07. The Morgan fingerprint density at radius 3 is 2.52 bits per heavy atom. The lowest BCUT2D eigenvalue weighted by molar-refractivity contribution is 0.195. The van der Waals surface area contributed by atoms with Gasteiger partial charge in [0.1, 0.15) is 0 Å². The van der Waals surface area contributed by atoms with E-state index in [1.54, 1.807) is 0 Å². The Kier molecular flexibility index (Phi) is 6.67. The van der Waals surface area contributed by atoms with Crippen molar-refractivity contribution in [1.82, 2.24) is 19.6 Å². The number of aliphatic hydroxyl groups is 1. The molecule has 1 fully saturated rings. The molecule has 1 N–H and O–H groups in total. The minimum atomic E-state index is 0.258. The molecular formula is C15H27BrN4O. The molecule has 1 aliphatic heterocycles. The zero-order valence-electron chi connectivity index (χ0n) is 13.2. The number of rotatable bonds is 6. The second kappa shape index (κ2) is 8.27. The van der Waals surface area contributed by atoms with E-state index in [0.29, 0.717) is 0 Å². The standard InChI is InChI=1S/C15H27BrN4O/c1-3-13-15(16)14(20(4-2)17-13)12-19-7-5-6-18(8-9-19)10-11-21/h21H,3-12H2,1-2H3. The largest absolute Gasteiger partial charge is 0.395 e. The predicted octanol–water partition coefficient (Wildman–Crippen LogP) is 1.73. The van der Waals surface area contributed by atoms with E-state index in [2.05, 4.69) is 49.4 Å². The molecule has 6 heteroatoms. The van der Waals surface area contributed by atoms with Crippen molar-refractivity contribution >= 4 is 15.9 Å². The van der Waals surface area contributed by atoms with Gasteiger partial charge in [-0.3, -0.25) is 14.5 Å². The molecule has 0 atom stereocenters. The fourth-order valence-corrected chi connectivity index (χ4v) is 3.62. The molecule has 1 aromatic heterocycles. The van der Waals surface area contributed by atoms with Crippen molar-refractivity contribution in [3.63, 3.8) is 0 Å². The SMILES string of the molecule is CCc1nn(CC)c(CN2CCCN(CCO)CC2)c1Br. The van der Waals surface area contributed by atoms with Crippen molar-refractivity contribution in [2.45, 2.75) is 39.8 Å². The summed E-state index contributed by atoms with van der Waals surface area (Å²) in [4.78, 5) is 4.86. The molecule has 1 aromatic rings. The van der Waals surface area contributed by atoms with Gasteiger partial charge in [-0.15, -0.1) is 0 Å². The number of halogens is 1. The van der Waals surface area contributed by atoms with Crippen molar-refractivity contribution < 1.29 is 5.11 Å². The molecule has 5 nitrogen and oxygen atoms in total. The number of β-amino-alcohol motifs (C(OH)–C–C–N with tert-alkyl or cyclic N) is 1. The van der Waals surface area contributed by atoms with Crippen LogP contribution in [0.2, 0.25) is 0 Å². The average Bonchev–Trinajstić information content (AvgIpc) is 2.64. The summed E-state index contributed by atoms with van der Waals surface area (Å²) in [7, 11) is 0. The summed E-state index contributed by atoms with van der Waals surface area (Å²) in [5.74, 6) is 0. The summed E-state index contributed by atoms with van der Waals surface area (Å²) in [5.41, 5.74) is 2.45. The highest BCUT2D eigenvalue weighted by atomic mass is 79.9. The van der Waals surface area contributed by atoms with Crippen molar-refractivity contribution in [2.75, 3.05) is 39.3 Å². The predicted molar refractivity (Wildman–Crippen MR) is 88.4 cm³/mol. The number of aryl methyl sites for hydroxylation is 2. The molecule has 0 bridgehead atoms. The molecule has 0 aromatic carbocycles. The minimum Gasteiger partial charge on any atom is -0.395 e. The second-order valence-electron chi connectivity index (χ2n) is 5.57. The van der Waals surface area contributed by atoms with Crippen molar-refractivity contribution in [3.05, 3.63) is 15.9 Å². The first-order chi connectivity index (χ1) is 10.2. The first-order valence-corrected chi connectivity index (χ1v) is 8.78. The lowest BCUT2D eigenvalue weighted by atomic mass is 10.3. The molecule has 0 amide bonds. The number of aromatic nitrogens is 2. The van der Waals surface area contributed by atoms with Crippen LogP contribution < -0.4 is 0 Å². The summed E-state index contributed by atoms with van der Waals surface area (Å²) in [5, 5.41) is 13.8. The van der Waals surface area contributed by atoms with Crippen molar-refractivity contribution in [3.8, 4) is 0 Å². The van der Waals surface area contributed by atoms with Crippen LogP contribution in [0.25, 0.3) is 0 Å². The van der Waals surface area contributed by atoms with E-state index in [-0.39, 0.29) is 6.61 Å². The molecule has 21 heavy (non-hydrogen) atoms. The first kappa shape index (κ1) is 16.9. The molecule has 0 radical (unpaired) electrons. The fraction of sp³-hybridized carbons (Fsp3) is 0.800. The molecule has 1 saturated heterocycles. The lowest BCUT2D eigenvalue weighted by Gasteiger charge is -2.21. The van der Waals surface area contributed by atoms with Gasteiger partial charge in [0.15, 0.2) is 0 Å². The molecule has 0 spiro atoms. The minimum absolute atomic E-state index is 0.258. The van der Waals surface area contributed by atoms with E-state index in [4.69, 9.17) is 5.11 Å². The smallest absolute Gasteiger partial charge is 0.0767 e. The molecule has 0 unspecified atom stereocenters.